The maximum Gasteiger partial charge on any atom is 0.342 e. The Morgan fingerprint density at radius 1 is 1.30 bits per heavy atom. The first-order valence-electron chi connectivity index (χ1n) is 7.49. The van der Waals surface area contributed by atoms with E-state index in [2.05, 4.69) is 20.1 Å². The smallest absolute Gasteiger partial charge is 0.342 e. The summed E-state index contributed by atoms with van der Waals surface area (Å²) < 4.78 is 0. The van der Waals surface area contributed by atoms with Gasteiger partial charge in [-0.2, -0.15) is 0 Å². The minimum Gasteiger partial charge on any atom is -0.477 e. The van der Waals surface area contributed by atoms with Gasteiger partial charge in [0.05, 0.1) is 0 Å². The van der Waals surface area contributed by atoms with Crippen molar-refractivity contribution in [2.45, 2.75) is 24.9 Å². The first kappa shape index (κ1) is 15.6. The van der Waals surface area contributed by atoms with E-state index in [9.17, 15) is 9.90 Å². The summed E-state index contributed by atoms with van der Waals surface area (Å²) in [5, 5.41) is 16.4. The number of nitrogens with one attached hydrogen (secondary N) is 1. The molecule has 1 aliphatic rings. The molecule has 0 saturated carbocycles. The fraction of sp³-hybridized carbons (Fsp3) is 0.312. The summed E-state index contributed by atoms with van der Waals surface area (Å²) >= 11 is 1.04. The summed E-state index contributed by atoms with van der Waals surface area (Å²) in [4.78, 5) is 18.1. The molecule has 23 heavy (non-hydrogen) atoms. The van der Waals surface area contributed by atoms with Crippen molar-refractivity contribution in [3.63, 3.8) is 0 Å². The van der Waals surface area contributed by atoms with Crippen LogP contribution in [0.2, 0.25) is 0 Å². The Bertz CT molecular complexity index is 718. The summed E-state index contributed by atoms with van der Waals surface area (Å²) in [5.41, 5.74) is 2.04. The van der Waals surface area contributed by atoms with Gasteiger partial charge in [0.25, 0.3) is 0 Å². The van der Waals surface area contributed by atoms with E-state index in [1.165, 1.54) is 18.5 Å². The largest absolute Gasteiger partial charge is 0.477 e. The summed E-state index contributed by atoms with van der Waals surface area (Å²) in [7, 11) is 0. The van der Waals surface area contributed by atoms with Crippen LogP contribution in [-0.2, 0) is 4.79 Å². The van der Waals surface area contributed by atoms with Crippen molar-refractivity contribution in [2.75, 3.05) is 18.0 Å². The molecular weight excluding hydrogens is 312 g/mol. The summed E-state index contributed by atoms with van der Waals surface area (Å²) in [6, 6.07) is 7.97. The predicted molar refractivity (Wildman–Crippen MR) is 90.5 cm³/mol. The second-order valence-corrected chi connectivity index (χ2v) is 6.41. The van der Waals surface area contributed by atoms with E-state index < -0.39 is 5.97 Å². The number of carbonyl (C=O) groups is 1. The minimum atomic E-state index is -0.985. The number of thioether (sulfide) groups is 1. The van der Waals surface area contributed by atoms with Gasteiger partial charge in [0.1, 0.15) is 10.7 Å². The molecule has 1 fully saturated rings. The normalized spacial score (nSPS) is 15.2. The number of aliphatic carboxylic acids is 1. The Labute approximate surface area is 138 Å². The predicted octanol–water partition coefficient (Wildman–Crippen LogP) is 2.93. The van der Waals surface area contributed by atoms with E-state index in [1.807, 2.05) is 24.3 Å². The Balaban J connectivity index is 1.77. The fourth-order valence-electron chi connectivity index (χ4n) is 2.51. The lowest BCUT2D eigenvalue weighted by atomic mass is 10.2. The van der Waals surface area contributed by atoms with Gasteiger partial charge in [-0.3, -0.25) is 5.10 Å². The molecule has 1 aromatic heterocycles. The van der Waals surface area contributed by atoms with Crippen LogP contribution in [0.3, 0.4) is 0 Å². The highest BCUT2D eigenvalue weighted by molar-refractivity contribution is 8.04. The first-order valence-corrected chi connectivity index (χ1v) is 8.30. The molecule has 0 amide bonds. The molecule has 0 bridgehead atoms. The quantitative estimate of drug-likeness (QED) is 0.648. The van der Waals surface area contributed by atoms with Gasteiger partial charge in [-0.15, -0.1) is 5.10 Å². The second kappa shape index (κ2) is 6.87. The van der Waals surface area contributed by atoms with E-state index in [0.717, 1.165) is 30.4 Å². The summed E-state index contributed by atoms with van der Waals surface area (Å²) in [6.45, 7) is 3.96. The molecule has 0 radical (unpaired) electrons. The monoisotopic (exact) mass is 330 g/mol. The molecule has 1 aliphatic heterocycles. The van der Waals surface area contributed by atoms with Crippen LogP contribution in [0.25, 0.3) is 6.08 Å². The number of rotatable bonds is 5. The zero-order valence-electron chi connectivity index (χ0n) is 12.8. The molecule has 2 heterocycles. The molecule has 2 aromatic rings. The minimum absolute atomic E-state index is 0.193. The van der Waals surface area contributed by atoms with Crippen molar-refractivity contribution < 1.29 is 9.90 Å². The molecule has 3 rings (SSSR count). The lowest BCUT2D eigenvalue weighted by Crippen LogP contribution is -2.17. The van der Waals surface area contributed by atoms with E-state index in [0.29, 0.717) is 11.0 Å². The first-order chi connectivity index (χ1) is 11.1. The number of hydrogen-bond donors (Lipinski definition) is 2. The van der Waals surface area contributed by atoms with Crippen LogP contribution < -0.4 is 4.90 Å². The fourth-order valence-corrected chi connectivity index (χ4v) is 3.26. The Morgan fingerprint density at radius 2 is 2.00 bits per heavy atom. The molecule has 0 spiro atoms. The van der Waals surface area contributed by atoms with Crippen LogP contribution in [0.4, 0.5) is 5.69 Å². The molecule has 2 N–H and O–H groups in total. The number of nitrogens with zero attached hydrogens (tertiary/aromatic N) is 3. The Morgan fingerprint density at radius 3 is 2.57 bits per heavy atom. The second-order valence-electron chi connectivity index (χ2n) is 5.40. The SMILES string of the molecule is Cc1nc(S/C(=C/c2ccc(N3CCCC3)cc2)C(=O)O)n[nH]1. The lowest BCUT2D eigenvalue weighted by Gasteiger charge is -2.17. The number of carboxylic acid groups (broad SMARTS) is 1. The maximum absolute atomic E-state index is 11.4. The van der Waals surface area contributed by atoms with Crippen molar-refractivity contribution in [3.05, 3.63) is 40.6 Å². The molecule has 120 valence electrons. The van der Waals surface area contributed by atoms with E-state index in [4.69, 9.17) is 0 Å². The highest BCUT2D eigenvalue weighted by Crippen LogP contribution is 2.27. The van der Waals surface area contributed by atoms with E-state index in [1.54, 1.807) is 13.0 Å². The highest BCUT2D eigenvalue weighted by atomic mass is 32.2. The zero-order valence-corrected chi connectivity index (χ0v) is 13.6. The van der Waals surface area contributed by atoms with Gasteiger partial charge in [-0.05, 0) is 55.3 Å². The van der Waals surface area contributed by atoms with Crippen LogP contribution in [-0.4, -0.2) is 39.3 Å². The average molecular weight is 330 g/mol. The van der Waals surface area contributed by atoms with Gasteiger partial charge in [-0.25, -0.2) is 9.78 Å². The molecule has 1 aromatic carbocycles. The van der Waals surface area contributed by atoms with Crippen LogP contribution >= 0.6 is 11.8 Å². The molecule has 7 heteroatoms. The van der Waals surface area contributed by atoms with E-state index >= 15 is 0 Å². The molecule has 0 unspecified atom stereocenters. The van der Waals surface area contributed by atoms with Gasteiger partial charge < -0.3 is 10.0 Å². The van der Waals surface area contributed by atoms with Crippen molar-refractivity contribution >= 4 is 29.5 Å². The van der Waals surface area contributed by atoms with Crippen molar-refractivity contribution in [3.8, 4) is 0 Å². The number of anilines is 1. The van der Waals surface area contributed by atoms with Crippen molar-refractivity contribution in [1.82, 2.24) is 15.2 Å². The van der Waals surface area contributed by atoms with Crippen LogP contribution in [0.5, 0.6) is 0 Å². The third-order valence-electron chi connectivity index (χ3n) is 3.65. The zero-order chi connectivity index (χ0) is 16.2. The number of H-pyrrole nitrogens is 1. The van der Waals surface area contributed by atoms with Gasteiger partial charge >= 0.3 is 5.97 Å². The topological polar surface area (TPSA) is 82.1 Å². The summed E-state index contributed by atoms with van der Waals surface area (Å²) in [5.74, 6) is -0.326. The number of aryl methyl sites for hydroxylation is 1. The number of benzene rings is 1. The number of carboxylic acids is 1. The Kier molecular flexibility index (Phi) is 4.66. The average Bonchev–Trinajstić information content (AvgIpc) is 3.19. The van der Waals surface area contributed by atoms with Gasteiger partial charge in [-0.1, -0.05) is 12.1 Å². The van der Waals surface area contributed by atoms with Crippen molar-refractivity contribution in [2.24, 2.45) is 0 Å². The highest BCUT2D eigenvalue weighted by Gasteiger charge is 2.14. The lowest BCUT2D eigenvalue weighted by molar-refractivity contribution is -0.131. The number of aromatic amines is 1. The Hall–Kier alpha value is -2.28. The maximum atomic E-state index is 11.4. The van der Waals surface area contributed by atoms with Crippen molar-refractivity contribution in [1.29, 1.82) is 0 Å². The molecular formula is C16H18N4O2S. The molecule has 1 saturated heterocycles. The molecule has 0 atom stereocenters. The molecule has 0 aliphatic carbocycles. The van der Waals surface area contributed by atoms with Crippen LogP contribution in [0.15, 0.2) is 34.3 Å². The number of aromatic nitrogens is 3. The van der Waals surface area contributed by atoms with Gasteiger partial charge in [0.15, 0.2) is 0 Å². The van der Waals surface area contributed by atoms with Crippen LogP contribution in [0, 0.1) is 6.92 Å². The molecule has 6 nitrogen and oxygen atoms in total. The standard InChI is InChI=1S/C16H18N4O2S/c1-11-17-16(19-18-11)23-14(15(21)22)10-12-4-6-13(7-5-12)20-8-2-3-9-20/h4-7,10H,2-3,8-9H2,1H3,(H,21,22)(H,17,18,19)/b14-10+. The van der Waals surface area contributed by atoms with Gasteiger partial charge in [0.2, 0.25) is 5.16 Å². The van der Waals surface area contributed by atoms with Gasteiger partial charge in [0, 0.05) is 18.8 Å². The van der Waals surface area contributed by atoms with E-state index in [-0.39, 0.29) is 4.91 Å². The third kappa shape index (κ3) is 3.92. The van der Waals surface area contributed by atoms with Crippen LogP contribution in [0.1, 0.15) is 24.2 Å². The summed E-state index contributed by atoms with van der Waals surface area (Å²) in [6.07, 6.45) is 4.11. The number of hydrogen-bond acceptors (Lipinski definition) is 5. The third-order valence-corrected chi connectivity index (χ3v) is 4.53.